The SMILES string of the molecule is CCCCCCCCCCCCCCC(O)[C@@](C)(O)[C@@H](O)[C@H](O)[C@](C)(O)C(O)CCCCCCCCCCCCCC. The van der Waals surface area contributed by atoms with E-state index in [0.29, 0.717) is 12.8 Å². The number of aliphatic hydroxyl groups is 6. The molecule has 0 saturated heterocycles. The van der Waals surface area contributed by atoms with E-state index in [1.807, 2.05) is 0 Å². The van der Waals surface area contributed by atoms with E-state index >= 15 is 0 Å². The van der Waals surface area contributed by atoms with Crippen molar-refractivity contribution in [3.05, 3.63) is 0 Å². The smallest absolute Gasteiger partial charge is 0.116 e. The molecular weight excluding hydrogens is 528 g/mol. The summed E-state index contributed by atoms with van der Waals surface area (Å²) in [5, 5.41) is 64.5. The fourth-order valence-corrected chi connectivity index (χ4v) is 5.98. The van der Waals surface area contributed by atoms with Crippen molar-refractivity contribution in [2.75, 3.05) is 0 Å². The lowest BCUT2D eigenvalue weighted by Gasteiger charge is -2.42. The highest BCUT2D eigenvalue weighted by Gasteiger charge is 2.50. The molecule has 0 aliphatic carbocycles. The standard InChI is InChI=1S/C36H74O6/c1-5-7-9-11-13-15-17-19-21-23-25-27-29-31(37)35(3,41)33(39)34(40)36(4,42)32(38)30-28-26-24-22-20-18-16-14-12-10-8-6-2/h31-34,37-42H,5-30H2,1-4H3/t31?,32?,33-,34-,35+,36+/m0/s1. The van der Waals surface area contributed by atoms with Gasteiger partial charge in [-0.2, -0.15) is 0 Å². The summed E-state index contributed by atoms with van der Waals surface area (Å²) < 4.78 is 0. The number of rotatable bonds is 31. The summed E-state index contributed by atoms with van der Waals surface area (Å²) in [6.45, 7) is 7.06. The largest absolute Gasteiger partial charge is 0.390 e. The van der Waals surface area contributed by atoms with Gasteiger partial charge in [-0.05, 0) is 26.7 Å². The van der Waals surface area contributed by atoms with E-state index < -0.39 is 35.6 Å². The van der Waals surface area contributed by atoms with Crippen LogP contribution < -0.4 is 0 Å². The zero-order chi connectivity index (χ0) is 31.7. The van der Waals surface area contributed by atoms with Crippen LogP contribution >= 0.6 is 0 Å². The van der Waals surface area contributed by atoms with Crippen LogP contribution in [0.25, 0.3) is 0 Å². The van der Waals surface area contributed by atoms with Gasteiger partial charge in [-0.3, -0.25) is 0 Å². The molecule has 6 N–H and O–H groups in total. The van der Waals surface area contributed by atoms with E-state index in [1.165, 1.54) is 129 Å². The molecule has 0 aliphatic heterocycles. The Labute approximate surface area is 260 Å². The van der Waals surface area contributed by atoms with Crippen LogP contribution in [0, 0.1) is 0 Å². The van der Waals surface area contributed by atoms with Gasteiger partial charge in [-0.1, -0.05) is 168 Å². The average Bonchev–Trinajstić information content (AvgIpc) is 2.97. The maximum absolute atomic E-state index is 10.9. The van der Waals surface area contributed by atoms with Crippen LogP contribution in [0.1, 0.15) is 195 Å². The highest BCUT2D eigenvalue weighted by Crippen LogP contribution is 2.30. The molecule has 254 valence electrons. The molecule has 0 bridgehead atoms. The maximum atomic E-state index is 10.9. The van der Waals surface area contributed by atoms with Crippen molar-refractivity contribution in [3.63, 3.8) is 0 Å². The van der Waals surface area contributed by atoms with Gasteiger partial charge < -0.3 is 30.6 Å². The number of unbranched alkanes of at least 4 members (excludes halogenated alkanes) is 22. The summed E-state index contributed by atoms with van der Waals surface area (Å²) in [6.07, 6.45) is 23.3. The molecule has 0 radical (unpaired) electrons. The van der Waals surface area contributed by atoms with Crippen LogP contribution in [0.2, 0.25) is 0 Å². The first kappa shape index (κ1) is 41.8. The first-order valence-electron chi connectivity index (χ1n) is 18.2. The van der Waals surface area contributed by atoms with Crippen LogP contribution in [-0.4, -0.2) is 66.3 Å². The Bertz CT molecular complexity index is 531. The van der Waals surface area contributed by atoms with Gasteiger partial charge in [0.05, 0.1) is 12.2 Å². The fourth-order valence-electron chi connectivity index (χ4n) is 5.98. The summed E-state index contributed by atoms with van der Waals surface area (Å²) in [6, 6.07) is 0. The molecule has 0 aromatic carbocycles. The highest BCUT2D eigenvalue weighted by atomic mass is 16.4. The second-order valence-electron chi connectivity index (χ2n) is 13.7. The predicted molar refractivity (Wildman–Crippen MR) is 177 cm³/mol. The van der Waals surface area contributed by atoms with Crippen molar-refractivity contribution < 1.29 is 30.6 Å². The zero-order valence-corrected chi connectivity index (χ0v) is 28.4. The fraction of sp³-hybridized carbons (Fsp3) is 1.00. The number of hydrogen-bond donors (Lipinski definition) is 6. The molecule has 2 unspecified atom stereocenters. The molecule has 0 aromatic heterocycles. The summed E-state index contributed by atoms with van der Waals surface area (Å²) in [7, 11) is 0. The molecule has 0 aromatic rings. The predicted octanol–water partition coefficient (Wildman–Crippen LogP) is 8.11. The Morgan fingerprint density at radius 3 is 0.762 bits per heavy atom. The van der Waals surface area contributed by atoms with Crippen molar-refractivity contribution in [3.8, 4) is 0 Å². The van der Waals surface area contributed by atoms with Crippen molar-refractivity contribution in [2.45, 2.75) is 230 Å². The summed E-state index contributed by atoms with van der Waals surface area (Å²) >= 11 is 0. The van der Waals surface area contributed by atoms with E-state index in [1.54, 1.807) is 0 Å². The Balaban J connectivity index is 4.16. The van der Waals surface area contributed by atoms with Gasteiger partial charge in [0.1, 0.15) is 23.4 Å². The number of aliphatic hydroxyl groups excluding tert-OH is 4. The van der Waals surface area contributed by atoms with Crippen molar-refractivity contribution in [1.82, 2.24) is 0 Å². The van der Waals surface area contributed by atoms with E-state index in [2.05, 4.69) is 13.8 Å². The normalized spacial score (nSPS) is 17.9. The van der Waals surface area contributed by atoms with Crippen LogP contribution in [0.3, 0.4) is 0 Å². The van der Waals surface area contributed by atoms with Crippen molar-refractivity contribution in [2.24, 2.45) is 0 Å². The zero-order valence-electron chi connectivity index (χ0n) is 28.4. The lowest BCUT2D eigenvalue weighted by Crippen LogP contribution is -2.63. The van der Waals surface area contributed by atoms with E-state index in [0.717, 1.165) is 38.5 Å². The number of hydrogen-bond acceptors (Lipinski definition) is 6. The van der Waals surface area contributed by atoms with Crippen LogP contribution in [0.4, 0.5) is 0 Å². The van der Waals surface area contributed by atoms with Crippen LogP contribution in [-0.2, 0) is 0 Å². The Kier molecular flexibility index (Phi) is 25.9. The highest BCUT2D eigenvalue weighted by molar-refractivity contribution is 5.01. The third kappa shape index (κ3) is 19.2. The molecule has 0 rings (SSSR count). The van der Waals surface area contributed by atoms with Gasteiger partial charge in [-0.25, -0.2) is 0 Å². The molecule has 6 heteroatoms. The maximum Gasteiger partial charge on any atom is 0.116 e. The molecular formula is C36H74O6. The van der Waals surface area contributed by atoms with E-state index in [4.69, 9.17) is 0 Å². The summed E-state index contributed by atoms with van der Waals surface area (Å²) in [5.41, 5.74) is -4.01. The lowest BCUT2D eigenvalue weighted by molar-refractivity contribution is -0.224. The third-order valence-electron chi connectivity index (χ3n) is 9.51. The molecule has 0 heterocycles. The van der Waals surface area contributed by atoms with Gasteiger partial charge in [0, 0.05) is 0 Å². The molecule has 0 aliphatic rings. The minimum Gasteiger partial charge on any atom is -0.390 e. The molecule has 0 saturated carbocycles. The van der Waals surface area contributed by atoms with Gasteiger partial charge in [0.2, 0.25) is 0 Å². The first-order valence-corrected chi connectivity index (χ1v) is 18.2. The molecule has 0 fully saturated rings. The van der Waals surface area contributed by atoms with E-state index in [-0.39, 0.29) is 0 Å². The Morgan fingerprint density at radius 2 is 0.548 bits per heavy atom. The molecule has 42 heavy (non-hydrogen) atoms. The summed E-state index contributed by atoms with van der Waals surface area (Å²) in [5.74, 6) is 0. The Hall–Kier alpha value is -0.240. The van der Waals surface area contributed by atoms with Gasteiger partial charge in [0.15, 0.2) is 0 Å². The topological polar surface area (TPSA) is 121 Å². The summed E-state index contributed by atoms with van der Waals surface area (Å²) in [4.78, 5) is 0. The second-order valence-corrected chi connectivity index (χ2v) is 13.7. The minimum absolute atomic E-state index is 0.303. The van der Waals surface area contributed by atoms with Gasteiger partial charge in [0.25, 0.3) is 0 Å². The molecule has 0 spiro atoms. The Morgan fingerprint density at radius 1 is 0.357 bits per heavy atom. The second kappa shape index (κ2) is 26.0. The molecule has 0 amide bonds. The molecule has 6 nitrogen and oxygen atoms in total. The monoisotopic (exact) mass is 603 g/mol. The van der Waals surface area contributed by atoms with Crippen LogP contribution in [0.5, 0.6) is 0 Å². The molecule has 6 atom stereocenters. The lowest BCUT2D eigenvalue weighted by atomic mass is 9.78. The van der Waals surface area contributed by atoms with Gasteiger partial charge in [-0.15, -0.1) is 0 Å². The third-order valence-corrected chi connectivity index (χ3v) is 9.51. The first-order chi connectivity index (χ1) is 20.0. The van der Waals surface area contributed by atoms with Gasteiger partial charge >= 0.3 is 0 Å². The average molecular weight is 603 g/mol. The minimum atomic E-state index is -2.00. The van der Waals surface area contributed by atoms with Crippen molar-refractivity contribution >= 4 is 0 Å². The quantitative estimate of drug-likeness (QED) is 0.0446. The van der Waals surface area contributed by atoms with E-state index in [9.17, 15) is 30.6 Å². The van der Waals surface area contributed by atoms with Crippen LogP contribution in [0.15, 0.2) is 0 Å². The van der Waals surface area contributed by atoms with Crippen molar-refractivity contribution in [1.29, 1.82) is 0 Å².